The summed E-state index contributed by atoms with van der Waals surface area (Å²) in [6.45, 7) is 2.23. The van der Waals surface area contributed by atoms with E-state index < -0.39 is 0 Å². The molecule has 0 saturated carbocycles. The third-order valence-corrected chi connectivity index (χ3v) is 4.86. The standard InChI is InChI=1S/C9H11NS.C9H7N/c1-7-10(2)8-5-3-4-6-9(8)11-7;1-2-6-9-8(4-1)5-3-7-10-9/h3-7H,1-2H3;1-7H. The van der Waals surface area contributed by atoms with Crippen LogP contribution >= 0.6 is 11.8 Å². The molecule has 0 aliphatic carbocycles. The first-order valence-corrected chi connectivity index (χ1v) is 7.92. The van der Waals surface area contributed by atoms with E-state index in [1.165, 1.54) is 16.0 Å². The van der Waals surface area contributed by atoms with Crippen LogP contribution in [0.15, 0.2) is 71.8 Å². The van der Waals surface area contributed by atoms with Crippen LogP contribution in [0.4, 0.5) is 5.69 Å². The van der Waals surface area contributed by atoms with Gasteiger partial charge in [-0.2, -0.15) is 0 Å². The van der Waals surface area contributed by atoms with E-state index in [9.17, 15) is 0 Å². The number of rotatable bonds is 0. The maximum Gasteiger partial charge on any atom is 0.0766 e. The quantitative estimate of drug-likeness (QED) is 0.592. The lowest BCUT2D eigenvalue weighted by molar-refractivity contribution is 0.924. The van der Waals surface area contributed by atoms with Crippen molar-refractivity contribution in [3.05, 3.63) is 66.9 Å². The fourth-order valence-corrected chi connectivity index (χ4v) is 3.45. The average Bonchev–Trinajstić information content (AvgIpc) is 2.83. The number of thioether (sulfide) groups is 1. The summed E-state index contributed by atoms with van der Waals surface area (Å²) < 4.78 is 0. The molecular formula is C18H18N2S. The van der Waals surface area contributed by atoms with Gasteiger partial charge in [0, 0.05) is 23.5 Å². The first-order chi connectivity index (χ1) is 10.3. The van der Waals surface area contributed by atoms with Gasteiger partial charge < -0.3 is 4.90 Å². The van der Waals surface area contributed by atoms with Gasteiger partial charge in [0.15, 0.2) is 0 Å². The molecule has 1 unspecified atom stereocenters. The van der Waals surface area contributed by atoms with Crippen molar-refractivity contribution in [2.75, 3.05) is 11.9 Å². The van der Waals surface area contributed by atoms with E-state index in [0.29, 0.717) is 5.37 Å². The molecule has 2 aromatic carbocycles. The zero-order valence-electron chi connectivity index (χ0n) is 12.2. The van der Waals surface area contributed by atoms with E-state index >= 15 is 0 Å². The van der Waals surface area contributed by atoms with Crippen LogP contribution in [0, 0.1) is 0 Å². The number of para-hydroxylation sites is 2. The molecule has 106 valence electrons. The Kier molecular flexibility index (Phi) is 4.11. The first kappa shape index (κ1) is 14.0. The van der Waals surface area contributed by atoms with Gasteiger partial charge in [-0.3, -0.25) is 4.98 Å². The van der Waals surface area contributed by atoms with Crippen LogP contribution in [0.2, 0.25) is 0 Å². The lowest BCUT2D eigenvalue weighted by Crippen LogP contribution is -2.20. The second-order valence-corrected chi connectivity index (χ2v) is 6.35. The Morgan fingerprint density at radius 1 is 0.952 bits per heavy atom. The number of anilines is 1. The van der Waals surface area contributed by atoms with Gasteiger partial charge in [-0.15, -0.1) is 0 Å². The van der Waals surface area contributed by atoms with Gasteiger partial charge in [0.1, 0.15) is 0 Å². The summed E-state index contributed by atoms with van der Waals surface area (Å²) in [7, 11) is 2.14. The molecule has 0 spiro atoms. The van der Waals surface area contributed by atoms with E-state index in [-0.39, 0.29) is 0 Å². The molecule has 0 saturated heterocycles. The molecule has 1 aromatic heterocycles. The molecule has 1 aliphatic heterocycles. The third-order valence-electron chi connectivity index (χ3n) is 3.60. The number of hydrogen-bond donors (Lipinski definition) is 0. The minimum Gasteiger partial charge on any atom is -0.362 e. The highest BCUT2D eigenvalue weighted by Gasteiger charge is 2.22. The summed E-state index contributed by atoms with van der Waals surface area (Å²) in [5.74, 6) is 0. The highest BCUT2D eigenvalue weighted by molar-refractivity contribution is 8.00. The van der Waals surface area contributed by atoms with Crippen molar-refractivity contribution in [3.63, 3.8) is 0 Å². The number of nitrogens with zero attached hydrogens (tertiary/aromatic N) is 2. The second-order valence-electron chi connectivity index (χ2n) is 4.99. The summed E-state index contributed by atoms with van der Waals surface area (Å²) in [4.78, 5) is 7.89. The van der Waals surface area contributed by atoms with Gasteiger partial charge in [-0.05, 0) is 31.2 Å². The number of aromatic nitrogens is 1. The lowest BCUT2D eigenvalue weighted by atomic mass is 10.2. The molecule has 1 atom stereocenters. The van der Waals surface area contributed by atoms with E-state index in [0.717, 1.165) is 5.52 Å². The molecular weight excluding hydrogens is 276 g/mol. The number of fused-ring (bicyclic) bond motifs is 2. The van der Waals surface area contributed by atoms with Crippen LogP contribution in [-0.2, 0) is 0 Å². The molecule has 0 radical (unpaired) electrons. The highest BCUT2D eigenvalue weighted by Crippen LogP contribution is 2.41. The number of hydrogen-bond acceptors (Lipinski definition) is 3. The molecule has 4 rings (SSSR count). The van der Waals surface area contributed by atoms with E-state index in [4.69, 9.17) is 0 Å². The fraction of sp³-hybridized carbons (Fsp3) is 0.167. The Bertz CT molecular complexity index is 676. The van der Waals surface area contributed by atoms with E-state index in [2.05, 4.69) is 60.3 Å². The van der Waals surface area contributed by atoms with Crippen molar-refractivity contribution in [1.82, 2.24) is 4.98 Å². The van der Waals surface area contributed by atoms with Gasteiger partial charge in [-0.1, -0.05) is 48.2 Å². The summed E-state index contributed by atoms with van der Waals surface area (Å²) >= 11 is 1.93. The summed E-state index contributed by atoms with van der Waals surface area (Å²) in [5, 5.41) is 1.79. The van der Waals surface area contributed by atoms with Crippen LogP contribution in [-0.4, -0.2) is 17.4 Å². The molecule has 0 bridgehead atoms. The van der Waals surface area contributed by atoms with Crippen molar-refractivity contribution in [3.8, 4) is 0 Å². The van der Waals surface area contributed by atoms with E-state index in [1.54, 1.807) is 0 Å². The molecule has 0 fully saturated rings. The maximum atomic E-state index is 4.18. The Labute approximate surface area is 129 Å². The number of pyridine rings is 1. The molecule has 3 heteroatoms. The van der Waals surface area contributed by atoms with Gasteiger partial charge in [0.25, 0.3) is 0 Å². The highest BCUT2D eigenvalue weighted by atomic mass is 32.2. The van der Waals surface area contributed by atoms with Gasteiger partial charge in [0.2, 0.25) is 0 Å². The molecule has 1 aliphatic rings. The van der Waals surface area contributed by atoms with Crippen LogP contribution < -0.4 is 4.90 Å². The predicted octanol–water partition coefficient (Wildman–Crippen LogP) is 4.81. The Morgan fingerprint density at radius 2 is 1.67 bits per heavy atom. The van der Waals surface area contributed by atoms with Gasteiger partial charge in [-0.25, -0.2) is 0 Å². The molecule has 0 amide bonds. The molecule has 2 nitrogen and oxygen atoms in total. The third kappa shape index (κ3) is 3.03. The molecule has 3 aromatic rings. The zero-order chi connectivity index (χ0) is 14.7. The molecule has 21 heavy (non-hydrogen) atoms. The van der Waals surface area contributed by atoms with Crippen molar-refractivity contribution in [1.29, 1.82) is 0 Å². The van der Waals surface area contributed by atoms with Gasteiger partial charge in [0.05, 0.1) is 16.6 Å². The largest absolute Gasteiger partial charge is 0.362 e. The van der Waals surface area contributed by atoms with E-state index in [1.807, 2.05) is 42.2 Å². The summed E-state index contributed by atoms with van der Waals surface area (Å²) in [5.41, 5.74) is 2.43. The average molecular weight is 294 g/mol. The minimum atomic E-state index is 0.590. The van der Waals surface area contributed by atoms with Crippen LogP contribution in [0.25, 0.3) is 10.9 Å². The van der Waals surface area contributed by atoms with Crippen molar-refractivity contribution in [2.45, 2.75) is 17.2 Å². The Hall–Kier alpha value is -2.00. The fourth-order valence-electron chi connectivity index (χ4n) is 2.32. The SMILES string of the molecule is CC1Sc2ccccc2N1C.c1ccc2ncccc2c1. The van der Waals surface area contributed by atoms with Crippen LogP contribution in [0.5, 0.6) is 0 Å². The Morgan fingerprint density at radius 3 is 2.48 bits per heavy atom. The predicted molar refractivity (Wildman–Crippen MR) is 91.9 cm³/mol. The van der Waals surface area contributed by atoms with Crippen LogP contribution in [0.3, 0.4) is 0 Å². The van der Waals surface area contributed by atoms with Crippen molar-refractivity contribution < 1.29 is 0 Å². The summed E-state index contributed by atoms with van der Waals surface area (Å²) in [6, 6.07) is 20.6. The van der Waals surface area contributed by atoms with Crippen molar-refractivity contribution in [2.24, 2.45) is 0 Å². The number of benzene rings is 2. The second kappa shape index (κ2) is 6.19. The van der Waals surface area contributed by atoms with Crippen LogP contribution in [0.1, 0.15) is 6.92 Å². The minimum absolute atomic E-state index is 0.590. The maximum absolute atomic E-state index is 4.18. The normalized spacial score (nSPS) is 16.3. The Balaban J connectivity index is 0.000000126. The monoisotopic (exact) mass is 294 g/mol. The lowest BCUT2D eigenvalue weighted by Gasteiger charge is -2.16. The smallest absolute Gasteiger partial charge is 0.0766 e. The topological polar surface area (TPSA) is 16.1 Å². The molecule has 2 heterocycles. The first-order valence-electron chi connectivity index (χ1n) is 7.04. The van der Waals surface area contributed by atoms with Gasteiger partial charge >= 0.3 is 0 Å². The molecule has 0 N–H and O–H groups in total. The van der Waals surface area contributed by atoms with Crippen molar-refractivity contribution >= 4 is 28.4 Å². The summed E-state index contributed by atoms with van der Waals surface area (Å²) in [6.07, 6.45) is 1.81. The zero-order valence-corrected chi connectivity index (χ0v) is 13.0.